The van der Waals surface area contributed by atoms with E-state index in [9.17, 15) is 9.59 Å². The Hall–Kier alpha value is -1.56. The molecular formula is C14H16BrNO4. The van der Waals surface area contributed by atoms with Gasteiger partial charge in [-0.1, -0.05) is 15.9 Å². The van der Waals surface area contributed by atoms with Gasteiger partial charge in [-0.25, -0.2) is 0 Å². The van der Waals surface area contributed by atoms with E-state index >= 15 is 0 Å². The van der Waals surface area contributed by atoms with Crippen LogP contribution in [0.4, 0.5) is 0 Å². The van der Waals surface area contributed by atoms with Gasteiger partial charge >= 0.3 is 5.97 Å². The molecule has 1 aliphatic rings. The molecule has 1 aromatic rings. The van der Waals surface area contributed by atoms with E-state index in [1.165, 1.54) is 0 Å². The summed E-state index contributed by atoms with van der Waals surface area (Å²) in [5, 5.41) is 11.7. The summed E-state index contributed by atoms with van der Waals surface area (Å²) in [5.74, 6) is -0.720. The van der Waals surface area contributed by atoms with Gasteiger partial charge in [0.05, 0.1) is 5.92 Å². The van der Waals surface area contributed by atoms with E-state index in [0.717, 1.165) is 4.47 Å². The number of carboxylic acid groups (broad SMARTS) is 1. The highest BCUT2D eigenvalue weighted by Gasteiger charge is 2.30. The zero-order valence-corrected chi connectivity index (χ0v) is 12.4. The van der Waals surface area contributed by atoms with Gasteiger partial charge in [0.25, 0.3) is 5.91 Å². The van der Waals surface area contributed by atoms with Crippen molar-refractivity contribution in [2.45, 2.75) is 25.3 Å². The SMILES string of the molecule is O=C(COc1ccc(Br)cc1)NC1CCC(C(=O)O)C1. The number of carboxylic acids is 1. The van der Waals surface area contributed by atoms with Crippen LogP contribution in [0.5, 0.6) is 5.75 Å². The van der Waals surface area contributed by atoms with Gasteiger partial charge in [-0.2, -0.15) is 0 Å². The topological polar surface area (TPSA) is 75.6 Å². The van der Waals surface area contributed by atoms with Crippen LogP contribution in [-0.4, -0.2) is 29.6 Å². The number of hydrogen-bond donors (Lipinski definition) is 2. The standard InChI is InChI=1S/C14H16BrNO4/c15-10-2-5-12(6-3-10)20-8-13(17)16-11-4-1-9(7-11)14(18)19/h2-3,5-6,9,11H,1,4,7-8H2,(H,16,17)(H,18,19). The first kappa shape index (κ1) is 14.8. The van der Waals surface area contributed by atoms with E-state index in [4.69, 9.17) is 9.84 Å². The Bertz CT molecular complexity index is 488. The molecule has 0 spiro atoms. The van der Waals surface area contributed by atoms with Crippen LogP contribution in [0.2, 0.25) is 0 Å². The number of nitrogens with one attached hydrogen (secondary N) is 1. The lowest BCUT2D eigenvalue weighted by Crippen LogP contribution is -2.36. The molecule has 0 aromatic heterocycles. The van der Waals surface area contributed by atoms with Crippen LogP contribution >= 0.6 is 15.9 Å². The monoisotopic (exact) mass is 341 g/mol. The van der Waals surface area contributed by atoms with E-state index in [0.29, 0.717) is 25.0 Å². The summed E-state index contributed by atoms with van der Waals surface area (Å²) in [7, 11) is 0. The number of rotatable bonds is 5. The number of benzene rings is 1. The van der Waals surface area contributed by atoms with Crippen molar-refractivity contribution in [3.63, 3.8) is 0 Å². The second kappa shape index (κ2) is 6.74. The van der Waals surface area contributed by atoms with Crippen LogP contribution in [0.25, 0.3) is 0 Å². The third-order valence-corrected chi connectivity index (χ3v) is 3.86. The Morgan fingerprint density at radius 1 is 1.30 bits per heavy atom. The molecule has 5 nitrogen and oxygen atoms in total. The lowest BCUT2D eigenvalue weighted by molar-refractivity contribution is -0.141. The van der Waals surface area contributed by atoms with E-state index in [1.807, 2.05) is 12.1 Å². The second-order valence-corrected chi connectivity index (χ2v) is 5.77. The summed E-state index contributed by atoms with van der Waals surface area (Å²) in [6, 6.07) is 7.15. The Balaban J connectivity index is 1.73. The molecule has 2 atom stereocenters. The van der Waals surface area contributed by atoms with Crippen molar-refractivity contribution in [2.24, 2.45) is 5.92 Å². The van der Waals surface area contributed by atoms with E-state index < -0.39 is 5.97 Å². The predicted octanol–water partition coefficient (Wildman–Crippen LogP) is 2.20. The van der Waals surface area contributed by atoms with Crippen LogP contribution < -0.4 is 10.1 Å². The van der Waals surface area contributed by atoms with Crippen molar-refractivity contribution in [3.05, 3.63) is 28.7 Å². The molecule has 1 aliphatic carbocycles. The molecular weight excluding hydrogens is 326 g/mol. The van der Waals surface area contributed by atoms with Crippen molar-refractivity contribution < 1.29 is 19.4 Å². The average Bonchev–Trinajstić information content (AvgIpc) is 2.87. The summed E-state index contributed by atoms with van der Waals surface area (Å²) >= 11 is 3.32. The van der Waals surface area contributed by atoms with Gasteiger partial charge in [0, 0.05) is 10.5 Å². The lowest BCUT2D eigenvalue weighted by Gasteiger charge is -2.13. The molecule has 0 heterocycles. The van der Waals surface area contributed by atoms with Crippen molar-refractivity contribution in [3.8, 4) is 5.75 Å². The van der Waals surface area contributed by atoms with E-state index in [1.54, 1.807) is 12.1 Å². The van der Waals surface area contributed by atoms with Crippen molar-refractivity contribution >= 4 is 27.8 Å². The number of aliphatic carboxylic acids is 1. The summed E-state index contributed by atoms with van der Waals surface area (Å²) in [4.78, 5) is 22.6. The van der Waals surface area contributed by atoms with E-state index in [2.05, 4.69) is 21.2 Å². The minimum Gasteiger partial charge on any atom is -0.484 e. The Morgan fingerprint density at radius 2 is 2.00 bits per heavy atom. The molecule has 6 heteroatoms. The van der Waals surface area contributed by atoms with Crippen LogP contribution in [-0.2, 0) is 9.59 Å². The molecule has 1 aromatic carbocycles. The first-order chi connectivity index (χ1) is 9.54. The summed E-state index contributed by atoms with van der Waals surface area (Å²) in [6.07, 6.45) is 1.83. The van der Waals surface area contributed by atoms with Gasteiger partial charge in [0.1, 0.15) is 5.75 Å². The first-order valence-corrected chi connectivity index (χ1v) is 7.24. The fourth-order valence-corrected chi connectivity index (χ4v) is 2.55. The molecule has 1 saturated carbocycles. The molecule has 0 aliphatic heterocycles. The summed E-state index contributed by atoms with van der Waals surface area (Å²) in [6.45, 7) is -0.0597. The average molecular weight is 342 g/mol. The molecule has 0 saturated heterocycles. The predicted molar refractivity (Wildman–Crippen MR) is 76.5 cm³/mol. The number of carbonyl (C=O) groups is 2. The molecule has 0 bridgehead atoms. The summed E-state index contributed by atoms with van der Waals surface area (Å²) in [5.41, 5.74) is 0. The summed E-state index contributed by atoms with van der Waals surface area (Å²) < 4.78 is 6.30. The lowest BCUT2D eigenvalue weighted by atomic mass is 10.1. The Labute approximate surface area is 125 Å². The highest BCUT2D eigenvalue weighted by molar-refractivity contribution is 9.10. The largest absolute Gasteiger partial charge is 0.484 e. The van der Waals surface area contributed by atoms with Crippen molar-refractivity contribution in [1.29, 1.82) is 0 Å². The van der Waals surface area contributed by atoms with Crippen molar-refractivity contribution in [2.75, 3.05) is 6.61 Å². The third-order valence-electron chi connectivity index (χ3n) is 3.33. The van der Waals surface area contributed by atoms with Gasteiger partial charge in [0.15, 0.2) is 6.61 Å². The number of ether oxygens (including phenoxy) is 1. The van der Waals surface area contributed by atoms with Gasteiger partial charge in [0.2, 0.25) is 0 Å². The normalized spacial score (nSPS) is 21.4. The minimum absolute atomic E-state index is 0.0582. The quantitative estimate of drug-likeness (QED) is 0.860. The molecule has 2 N–H and O–H groups in total. The molecule has 1 fully saturated rings. The van der Waals surface area contributed by atoms with Gasteiger partial charge in [-0.05, 0) is 43.5 Å². The van der Waals surface area contributed by atoms with Crippen LogP contribution in [0.1, 0.15) is 19.3 Å². The first-order valence-electron chi connectivity index (χ1n) is 6.45. The molecule has 1 amide bonds. The molecule has 20 heavy (non-hydrogen) atoms. The fourth-order valence-electron chi connectivity index (χ4n) is 2.29. The zero-order chi connectivity index (χ0) is 14.5. The van der Waals surface area contributed by atoms with Gasteiger partial charge in [-0.15, -0.1) is 0 Å². The number of amides is 1. The minimum atomic E-state index is -0.784. The van der Waals surface area contributed by atoms with E-state index in [-0.39, 0.29) is 24.5 Å². The molecule has 2 rings (SSSR count). The zero-order valence-electron chi connectivity index (χ0n) is 10.8. The Morgan fingerprint density at radius 3 is 2.60 bits per heavy atom. The maximum Gasteiger partial charge on any atom is 0.306 e. The third kappa shape index (κ3) is 4.23. The maximum absolute atomic E-state index is 11.7. The van der Waals surface area contributed by atoms with Gasteiger partial charge < -0.3 is 15.2 Å². The number of halogens is 1. The molecule has 108 valence electrons. The van der Waals surface area contributed by atoms with Gasteiger partial charge in [-0.3, -0.25) is 9.59 Å². The van der Waals surface area contributed by atoms with Crippen LogP contribution in [0.3, 0.4) is 0 Å². The number of hydrogen-bond acceptors (Lipinski definition) is 3. The van der Waals surface area contributed by atoms with Crippen molar-refractivity contribution in [1.82, 2.24) is 5.32 Å². The number of carbonyl (C=O) groups excluding carboxylic acids is 1. The molecule has 2 unspecified atom stereocenters. The Kier molecular flexibility index (Phi) is 5.00. The second-order valence-electron chi connectivity index (χ2n) is 4.86. The smallest absolute Gasteiger partial charge is 0.306 e. The fraction of sp³-hybridized carbons (Fsp3) is 0.429. The highest BCUT2D eigenvalue weighted by atomic mass is 79.9. The van der Waals surface area contributed by atoms with Crippen LogP contribution in [0, 0.1) is 5.92 Å². The highest BCUT2D eigenvalue weighted by Crippen LogP contribution is 2.25. The molecule has 0 radical (unpaired) electrons. The van der Waals surface area contributed by atoms with Crippen LogP contribution in [0.15, 0.2) is 28.7 Å². The maximum atomic E-state index is 11.7.